The van der Waals surface area contributed by atoms with E-state index < -0.39 is 72.2 Å². The lowest BCUT2D eigenvalue weighted by Crippen LogP contribution is -2.51. The standard InChI is InChI=1S/C54H63N9O11SSi/c1-34-30-62(52(66)60-50(34)64)45-27-41(44(73-45)31-71-54(36-17-13-10-14-18-36,37-19-23-39(69-5)24-20-37)38-21-25-40(70-6)26-22-38)61-75(67,68)58-29-43-42(74-76(7,8)53(2,3)4)28-46(72-43)63-33-57-47-48(55-32-56-49(47)63)59-51(65)35-15-11-9-12-16-35/h9-26,30,32-33,41-46,58,61H,27-29,31H2,1-8H3,(H,60,64,66)(H,55,56,59,65)/t41-,42-,43+,44+,45+,46+/m0/s1. The van der Waals surface area contributed by atoms with Crippen LogP contribution in [-0.2, 0) is 34.4 Å². The van der Waals surface area contributed by atoms with Crippen LogP contribution >= 0.6 is 0 Å². The Balaban J connectivity index is 1.01. The van der Waals surface area contributed by atoms with Gasteiger partial charge in [-0.1, -0.05) is 93.6 Å². The lowest BCUT2D eigenvalue weighted by molar-refractivity contribution is -0.0804. The first kappa shape index (κ1) is 53.9. The van der Waals surface area contributed by atoms with Gasteiger partial charge in [-0.3, -0.25) is 23.7 Å². The molecule has 0 unspecified atom stereocenters. The molecule has 7 aromatic rings. The molecule has 2 aliphatic rings. The van der Waals surface area contributed by atoms with Crippen molar-refractivity contribution in [1.29, 1.82) is 0 Å². The van der Waals surface area contributed by atoms with Gasteiger partial charge in [0.2, 0.25) is 0 Å². The lowest BCUT2D eigenvalue weighted by Gasteiger charge is -2.39. The zero-order chi connectivity index (χ0) is 54.0. The van der Waals surface area contributed by atoms with Crippen LogP contribution in [0.2, 0.25) is 18.1 Å². The van der Waals surface area contributed by atoms with Crippen LogP contribution in [0.5, 0.6) is 11.5 Å². The Kier molecular flexibility index (Phi) is 15.6. The van der Waals surface area contributed by atoms with Crippen molar-refractivity contribution in [3.8, 4) is 11.5 Å². The van der Waals surface area contributed by atoms with Crippen LogP contribution in [0, 0.1) is 6.92 Å². The van der Waals surface area contributed by atoms with Gasteiger partial charge in [-0.15, -0.1) is 0 Å². The SMILES string of the molecule is COc1ccc(C(OC[C@H]2O[C@@H](n3cc(C)c(=O)[nH]c3=O)C[C@@H]2NS(=O)(=O)NC[C@H]2O[C@@H](n3cnc4c(NC(=O)c5ccccc5)ncnc43)C[C@@H]2O[Si](C)(C)C(C)(C)C)(c2ccccc2)c2ccc(OC)cc2)cc1. The number of amides is 1. The number of aryl methyl sites for hydroxylation is 1. The first-order valence-corrected chi connectivity index (χ1v) is 29.3. The normalized spacial score (nSPS) is 20.2. The third kappa shape index (κ3) is 11.3. The Morgan fingerprint density at radius 3 is 2.00 bits per heavy atom. The molecule has 0 spiro atoms. The number of hydrogen-bond donors (Lipinski definition) is 4. The quantitative estimate of drug-likeness (QED) is 0.0486. The molecule has 9 rings (SSSR count). The minimum atomic E-state index is -4.40. The highest BCUT2D eigenvalue weighted by Crippen LogP contribution is 2.44. The number of fused-ring (bicyclic) bond motifs is 1. The molecule has 0 bridgehead atoms. The van der Waals surface area contributed by atoms with Crippen LogP contribution < -0.4 is 35.5 Å². The minimum absolute atomic E-state index is 0.0216. The second-order valence-corrected chi connectivity index (χ2v) is 26.7. The average molecular weight is 1070 g/mol. The Bertz CT molecular complexity index is 3340. The highest BCUT2D eigenvalue weighted by Gasteiger charge is 2.47. The smallest absolute Gasteiger partial charge is 0.330 e. The molecule has 0 saturated carbocycles. The number of carbonyl (C=O) groups is 1. The molecule has 1 amide bonds. The zero-order valence-corrected chi connectivity index (χ0v) is 45.4. The highest BCUT2D eigenvalue weighted by molar-refractivity contribution is 7.87. The van der Waals surface area contributed by atoms with E-state index in [9.17, 15) is 22.8 Å². The molecule has 4 N–H and O–H groups in total. The second kappa shape index (κ2) is 22.0. The van der Waals surface area contributed by atoms with Crippen molar-refractivity contribution in [1.82, 2.24) is 38.5 Å². The minimum Gasteiger partial charge on any atom is -0.497 e. The van der Waals surface area contributed by atoms with Crippen LogP contribution in [-0.4, -0.2) is 103 Å². The van der Waals surface area contributed by atoms with Gasteiger partial charge in [0.1, 0.15) is 42.0 Å². The van der Waals surface area contributed by atoms with Gasteiger partial charge in [0.25, 0.3) is 21.7 Å². The summed E-state index contributed by atoms with van der Waals surface area (Å²) in [7, 11) is -3.70. The third-order valence-electron chi connectivity index (χ3n) is 14.5. The molecule has 2 fully saturated rings. The van der Waals surface area contributed by atoms with Crippen LogP contribution in [0.3, 0.4) is 0 Å². The second-order valence-electron chi connectivity index (χ2n) is 20.4. The predicted octanol–water partition coefficient (Wildman–Crippen LogP) is 6.72. The van der Waals surface area contributed by atoms with E-state index in [1.807, 2.05) is 84.9 Å². The fourth-order valence-electron chi connectivity index (χ4n) is 9.35. The molecule has 400 valence electrons. The summed E-state index contributed by atoms with van der Waals surface area (Å²) < 4.78 is 76.2. The van der Waals surface area contributed by atoms with Gasteiger partial charge >= 0.3 is 5.69 Å². The molecule has 0 aliphatic carbocycles. The number of nitrogens with zero attached hydrogens (tertiary/aromatic N) is 5. The summed E-state index contributed by atoms with van der Waals surface area (Å²) in [4.78, 5) is 54.7. The van der Waals surface area contributed by atoms with Crippen molar-refractivity contribution in [2.75, 3.05) is 32.7 Å². The number of hydrogen-bond acceptors (Lipinski definition) is 14. The summed E-state index contributed by atoms with van der Waals surface area (Å²) in [6, 6.07) is 32.4. The van der Waals surface area contributed by atoms with E-state index in [4.69, 9.17) is 28.1 Å². The molecule has 2 saturated heterocycles. The monoisotopic (exact) mass is 1070 g/mol. The number of ether oxygens (including phenoxy) is 5. The molecule has 5 heterocycles. The van der Waals surface area contributed by atoms with Crippen molar-refractivity contribution >= 4 is 41.4 Å². The fourth-order valence-corrected chi connectivity index (χ4v) is 11.8. The van der Waals surface area contributed by atoms with Crippen LogP contribution in [0.15, 0.2) is 138 Å². The van der Waals surface area contributed by atoms with Crippen molar-refractivity contribution in [2.24, 2.45) is 0 Å². The van der Waals surface area contributed by atoms with Crippen LogP contribution in [0.25, 0.3) is 11.2 Å². The number of anilines is 1. The number of imidazole rings is 1. The molecular weight excluding hydrogens is 1010 g/mol. The number of nitrogens with one attached hydrogen (secondary N) is 4. The predicted molar refractivity (Wildman–Crippen MR) is 287 cm³/mol. The van der Waals surface area contributed by atoms with Crippen LogP contribution in [0.1, 0.15) is 78.7 Å². The molecule has 2 aliphatic heterocycles. The number of rotatable bonds is 19. The molecule has 20 nitrogen and oxygen atoms in total. The molecule has 22 heteroatoms. The lowest BCUT2D eigenvalue weighted by atomic mass is 9.80. The molecular formula is C54H63N9O11SSi. The molecule has 0 radical (unpaired) electrons. The first-order chi connectivity index (χ1) is 36.3. The fraction of sp³-hybridized carbons (Fsp3) is 0.370. The van der Waals surface area contributed by atoms with Gasteiger partial charge in [-0.25, -0.2) is 19.7 Å². The number of benzene rings is 4. The largest absolute Gasteiger partial charge is 0.497 e. The Morgan fingerprint density at radius 2 is 1.38 bits per heavy atom. The summed E-state index contributed by atoms with van der Waals surface area (Å²) in [5.74, 6) is 1.12. The molecule has 4 aromatic carbocycles. The van der Waals surface area contributed by atoms with E-state index in [-0.39, 0.29) is 41.9 Å². The topological polar surface area (TPSA) is 241 Å². The number of methoxy groups -OCH3 is 2. The van der Waals surface area contributed by atoms with E-state index in [0.717, 1.165) is 16.7 Å². The number of aromatic nitrogens is 6. The summed E-state index contributed by atoms with van der Waals surface area (Å²) in [6.45, 7) is 11.8. The summed E-state index contributed by atoms with van der Waals surface area (Å²) >= 11 is 0. The molecule has 3 aromatic heterocycles. The summed E-state index contributed by atoms with van der Waals surface area (Å²) in [5.41, 5.74) is 1.12. The van der Waals surface area contributed by atoms with E-state index in [0.29, 0.717) is 34.6 Å². The van der Waals surface area contributed by atoms with E-state index >= 15 is 0 Å². The maximum absolute atomic E-state index is 14.5. The van der Waals surface area contributed by atoms with Crippen molar-refractivity contribution in [3.05, 3.63) is 177 Å². The number of carbonyl (C=O) groups excluding carboxylic acids is 1. The molecule has 76 heavy (non-hydrogen) atoms. The van der Waals surface area contributed by atoms with E-state index in [1.165, 1.54) is 17.1 Å². The zero-order valence-electron chi connectivity index (χ0n) is 43.6. The Morgan fingerprint density at radius 1 is 0.789 bits per heavy atom. The number of aromatic amines is 1. The van der Waals surface area contributed by atoms with E-state index in [2.05, 4.69) is 68.6 Å². The van der Waals surface area contributed by atoms with Gasteiger partial charge in [0.05, 0.1) is 45.4 Å². The van der Waals surface area contributed by atoms with Gasteiger partial charge in [0.15, 0.2) is 25.3 Å². The third-order valence-corrected chi connectivity index (χ3v) is 20.1. The van der Waals surface area contributed by atoms with Crippen molar-refractivity contribution in [2.45, 2.75) is 101 Å². The first-order valence-electron chi connectivity index (χ1n) is 24.9. The van der Waals surface area contributed by atoms with Gasteiger partial charge in [0, 0.05) is 36.7 Å². The van der Waals surface area contributed by atoms with Crippen LogP contribution in [0.4, 0.5) is 5.82 Å². The Labute approximate surface area is 441 Å². The van der Waals surface area contributed by atoms with Crippen molar-refractivity contribution < 1.29 is 41.3 Å². The highest BCUT2D eigenvalue weighted by atomic mass is 32.2. The average Bonchev–Trinajstić information content (AvgIpc) is 4.16. The number of H-pyrrole nitrogens is 1. The maximum atomic E-state index is 14.5. The van der Waals surface area contributed by atoms with E-state index in [1.54, 1.807) is 56.3 Å². The van der Waals surface area contributed by atoms with Gasteiger partial charge in [-0.05, 0) is 78.1 Å². The maximum Gasteiger partial charge on any atom is 0.330 e. The molecule has 6 atom stereocenters. The summed E-state index contributed by atoms with van der Waals surface area (Å²) in [5, 5.41) is 2.64. The summed E-state index contributed by atoms with van der Waals surface area (Å²) in [6.07, 6.45) is 0.530. The Hall–Kier alpha value is -6.89. The van der Waals surface area contributed by atoms with Crippen molar-refractivity contribution in [3.63, 3.8) is 0 Å². The van der Waals surface area contributed by atoms with Gasteiger partial charge < -0.3 is 33.4 Å². The van der Waals surface area contributed by atoms with Gasteiger partial charge in [-0.2, -0.15) is 17.9 Å².